The lowest BCUT2D eigenvalue weighted by atomic mass is 9.98. The largest absolute Gasteiger partial charge is 0.454 e. The Kier molecular flexibility index (Phi) is 4.13. The molecule has 4 nitrogen and oxygen atoms in total. The topological polar surface area (TPSA) is 41.9 Å². The van der Waals surface area contributed by atoms with Crippen LogP contribution >= 0.6 is 0 Å². The third-order valence-corrected chi connectivity index (χ3v) is 4.38. The summed E-state index contributed by atoms with van der Waals surface area (Å²) in [5, 5.41) is 10.3. The van der Waals surface area contributed by atoms with Crippen LogP contribution in [0, 0.1) is 5.92 Å². The van der Waals surface area contributed by atoms with E-state index in [1.165, 1.54) is 12.8 Å². The average molecular weight is 277 g/mol. The first kappa shape index (κ1) is 13.7. The molecule has 1 atom stereocenters. The van der Waals surface area contributed by atoms with E-state index < -0.39 is 6.10 Å². The first-order chi connectivity index (χ1) is 9.72. The first-order valence-electron chi connectivity index (χ1n) is 7.52. The number of hydrogen-bond acceptors (Lipinski definition) is 4. The number of likely N-dealkylation sites (tertiary alicyclic amines) is 1. The van der Waals surface area contributed by atoms with Crippen molar-refractivity contribution in [3.05, 3.63) is 23.8 Å². The molecule has 0 amide bonds. The second-order valence-corrected chi connectivity index (χ2v) is 5.94. The standard InChI is InChI=1S/C16H23NO3/c1-12-4-7-17(8-5-12)9-6-14(18)13-2-3-15-16(10-13)20-11-19-15/h2-3,10,12,14,18H,4-9,11H2,1H3. The Balaban J connectivity index is 1.52. The molecule has 0 aliphatic carbocycles. The highest BCUT2D eigenvalue weighted by atomic mass is 16.7. The molecule has 2 heterocycles. The zero-order valence-electron chi connectivity index (χ0n) is 12.0. The Morgan fingerprint density at radius 3 is 2.80 bits per heavy atom. The number of nitrogens with zero attached hydrogens (tertiary/aromatic N) is 1. The molecule has 2 aliphatic rings. The monoisotopic (exact) mass is 277 g/mol. The van der Waals surface area contributed by atoms with Crippen LogP contribution < -0.4 is 9.47 Å². The van der Waals surface area contributed by atoms with Gasteiger partial charge in [-0.15, -0.1) is 0 Å². The predicted octanol–water partition coefficient (Wildman–Crippen LogP) is 2.57. The molecule has 1 saturated heterocycles. The van der Waals surface area contributed by atoms with E-state index in [-0.39, 0.29) is 6.79 Å². The fourth-order valence-electron chi connectivity index (χ4n) is 2.88. The summed E-state index contributed by atoms with van der Waals surface area (Å²) in [7, 11) is 0. The highest BCUT2D eigenvalue weighted by Gasteiger charge is 2.19. The lowest BCUT2D eigenvalue weighted by molar-refractivity contribution is 0.125. The van der Waals surface area contributed by atoms with Crippen LogP contribution in [0.5, 0.6) is 11.5 Å². The van der Waals surface area contributed by atoms with Gasteiger partial charge in [-0.3, -0.25) is 0 Å². The number of hydrogen-bond donors (Lipinski definition) is 1. The first-order valence-corrected chi connectivity index (χ1v) is 7.52. The number of fused-ring (bicyclic) bond motifs is 1. The molecular formula is C16H23NO3. The molecule has 0 spiro atoms. The number of piperidine rings is 1. The maximum absolute atomic E-state index is 10.3. The van der Waals surface area contributed by atoms with Gasteiger partial charge in [0.25, 0.3) is 0 Å². The summed E-state index contributed by atoms with van der Waals surface area (Å²) in [5.41, 5.74) is 0.916. The molecule has 0 bridgehead atoms. The Morgan fingerprint density at radius 1 is 1.25 bits per heavy atom. The predicted molar refractivity (Wildman–Crippen MR) is 77.0 cm³/mol. The fourth-order valence-corrected chi connectivity index (χ4v) is 2.88. The summed E-state index contributed by atoms with van der Waals surface area (Å²) >= 11 is 0. The highest BCUT2D eigenvalue weighted by Crippen LogP contribution is 2.34. The average Bonchev–Trinajstić information content (AvgIpc) is 2.93. The molecule has 0 radical (unpaired) electrons. The van der Waals surface area contributed by atoms with Crippen LogP contribution in [0.3, 0.4) is 0 Å². The highest BCUT2D eigenvalue weighted by molar-refractivity contribution is 5.45. The molecule has 1 aromatic rings. The van der Waals surface area contributed by atoms with Gasteiger partial charge in [0.2, 0.25) is 6.79 Å². The van der Waals surface area contributed by atoms with Gasteiger partial charge in [0.1, 0.15) is 0 Å². The summed E-state index contributed by atoms with van der Waals surface area (Å²) in [6.07, 6.45) is 2.90. The molecule has 2 aliphatic heterocycles. The van der Waals surface area contributed by atoms with Crippen molar-refractivity contribution >= 4 is 0 Å². The molecule has 1 unspecified atom stereocenters. The maximum Gasteiger partial charge on any atom is 0.231 e. The van der Waals surface area contributed by atoms with E-state index in [1.54, 1.807) is 0 Å². The van der Waals surface area contributed by atoms with Crippen LogP contribution in [0.1, 0.15) is 37.9 Å². The summed E-state index contributed by atoms with van der Waals surface area (Å²) in [4.78, 5) is 2.45. The van der Waals surface area contributed by atoms with Gasteiger partial charge in [0.05, 0.1) is 6.10 Å². The minimum absolute atomic E-state index is 0.279. The second-order valence-electron chi connectivity index (χ2n) is 5.94. The van der Waals surface area contributed by atoms with Crippen molar-refractivity contribution in [2.24, 2.45) is 5.92 Å². The van der Waals surface area contributed by atoms with Crippen molar-refractivity contribution in [3.63, 3.8) is 0 Å². The van der Waals surface area contributed by atoms with Gasteiger partial charge in [-0.2, -0.15) is 0 Å². The van der Waals surface area contributed by atoms with Gasteiger partial charge in [-0.05, 0) is 56.0 Å². The van der Waals surface area contributed by atoms with E-state index in [0.29, 0.717) is 0 Å². The smallest absolute Gasteiger partial charge is 0.231 e. The summed E-state index contributed by atoms with van der Waals surface area (Å²) < 4.78 is 10.6. The number of aliphatic hydroxyl groups is 1. The third kappa shape index (κ3) is 3.07. The van der Waals surface area contributed by atoms with Crippen molar-refractivity contribution in [1.82, 2.24) is 4.90 Å². The Labute approximate surface area is 120 Å². The molecule has 1 fully saturated rings. The molecule has 0 aromatic heterocycles. The van der Waals surface area contributed by atoms with Crippen LogP contribution in [0.25, 0.3) is 0 Å². The Morgan fingerprint density at radius 2 is 2.00 bits per heavy atom. The molecular weight excluding hydrogens is 254 g/mol. The number of rotatable bonds is 4. The molecule has 1 N–H and O–H groups in total. The van der Waals surface area contributed by atoms with E-state index >= 15 is 0 Å². The van der Waals surface area contributed by atoms with Crippen molar-refractivity contribution in [2.45, 2.75) is 32.3 Å². The van der Waals surface area contributed by atoms with Crippen molar-refractivity contribution in [2.75, 3.05) is 26.4 Å². The fraction of sp³-hybridized carbons (Fsp3) is 0.625. The summed E-state index contributed by atoms with van der Waals surface area (Å²) in [5.74, 6) is 2.37. The zero-order chi connectivity index (χ0) is 13.9. The lowest BCUT2D eigenvalue weighted by Crippen LogP contribution is -2.34. The molecule has 110 valence electrons. The number of benzene rings is 1. The van der Waals surface area contributed by atoms with Gasteiger partial charge < -0.3 is 19.5 Å². The van der Waals surface area contributed by atoms with Gasteiger partial charge in [0.15, 0.2) is 11.5 Å². The van der Waals surface area contributed by atoms with E-state index in [4.69, 9.17) is 9.47 Å². The molecule has 20 heavy (non-hydrogen) atoms. The van der Waals surface area contributed by atoms with Crippen LogP contribution in [-0.4, -0.2) is 36.4 Å². The van der Waals surface area contributed by atoms with E-state index in [2.05, 4.69) is 11.8 Å². The minimum Gasteiger partial charge on any atom is -0.454 e. The normalized spacial score (nSPS) is 21.1. The third-order valence-electron chi connectivity index (χ3n) is 4.38. The minimum atomic E-state index is -0.427. The summed E-state index contributed by atoms with van der Waals surface area (Å²) in [6.45, 7) is 5.88. The van der Waals surface area contributed by atoms with Crippen molar-refractivity contribution in [3.8, 4) is 11.5 Å². The summed E-state index contributed by atoms with van der Waals surface area (Å²) in [6, 6.07) is 5.70. The second kappa shape index (κ2) is 6.02. The van der Waals surface area contributed by atoms with Gasteiger partial charge in [-0.1, -0.05) is 13.0 Å². The van der Waals surface area contributed by atoms with Crippen LogP contribution in [-0.2, 0) is 0 Å². The number of aliphatic hydroxyl groups excluding tert-OH is 1. The molecule has 1 aromatic carbocycles. The van der Waals surface area contributed by atoms with Crippen LogP contribution in [0.2, 0.25) is 0 Å². The molecule has 3 rings (SSSR count). The lowest BCUT2D eigenvalue weighted by Gasteiger charge is -2.30. The zero-order valence-corrected chi connectivity index (χ0v) is 12.0. The quantitative estimate of drug-likeness (QED) is 0.918. The van der Waals surface area contributed by atoms with Crippen molar-refractivity contribution in [1.29, 1.82) is 0 Å². The van der Waals surface area contributed by atoms with Crippen LogP contribution in [0.4, 0.5) is 0 Å². The SMILES string of the molecule is CC1CCN(CCC(O)c2ccc3c(c2)OCO3)CC1. The number of ether oxygens (including phenoxy) is 2. The van der Waals surface area contributed by atoms with Gasteiger partial charge in [-0.25, -0.2) is 0 Å². The van der Waals surface area contributed by atoms with E-state index in [9.17, 15) is 5.11 Å². The Bertz CT molecular complexity index is 455. The van der Waals surface area contributed by atoms with Crippen molar-refractivity contribution < 1.29 is 14.6 Å². The van der Waals surface area contributed by atoms with Crippen LogP contribution in [0.15, 0.2) is 18.2 Å². The van der Waals surface area contributed by atoms with Gasteiger partial charge in [0, 0.05) is 6.54 Å². The molecule has 0 saturated carbocycles. The van der Waals surface area contributed by atoms with E-state index in [0.717, 1.165) is 49.0 Å². The molecule has 4 heteroatoms. The Hall–Kier alpha value is -1.26. The maximum atomic E-state index is 10.3. The van der Waals surface area contributed by atoms with Gasteiger partial charge >= 0.3 is 0 Å². The van der Waals surface area contributed by atoms with E-state index in [1.807, 2.05) is 18.2 Å².